The molecular weight excluding hydrogens is 314 g/mol. The van der Waals surface area contributed by atoms with Gasteiger partial charge in [-0.05, 0) is 40.2 Å². The first kappa shape index (κ1) is 11.9. The number of hydrogen-bond acceptors (Lipinski definition) is 5. The normalized spacial score (nSPS) is 10.8. The van der Waals surface area contributed by atoms with Crippen molar-refractivity contribution in [1.82, 2.24) is 14.6 Å². The molecule has 19 heavy (non-hydrogen) atoms. The van der Waals surface area contributed by atoms with Gasteiger partial charge < -0.3 is 9.15 Å². The molecule has 0 aliphatic heterocycles. The van der Waals surface area contributed by atoms with Crippen molar-refractivity contribution < 1.29 is 13.9 Å². The number of rotatable bonds is 2. The summed E-state index contributed by atoms with van der Waals surface area (Å²) in [4.78, 5) is 15.7. The average Bonchev–Trinajstić information content (AvgIpc) is 3.02. The van der Waals surface area contributed by atoms with E-state index in [9.17, 15) is 4.79 Å². The quantitative estimate of drug-likeness (QED) is 0.678. The summed E-state index contributed by atoms with van der Waals surface area (Å²) < 4.78 is 12.2. The Kier molecular flexibility index (Phi) is 2.83. The van der Waals surface area contributed by atoms with E-state index in [1.165, 1.54) is 11.6 Å². The number of pyridine rings is 1. The standard InChI is InChI=1S/C12H8BrN3O3/c1-18-12(17)7-2-5-10-14-11(15-16(10)6-7)8-3-4-9(13)19-8/h2-6H,1H3. The minimum absolute atomic E-state index is 0.409. The third-order valence-corrected chi connectivity index (χ3v) is 2.97. The second-order valence-electron chi connectivity index (χ2n) is 3.75. The summed E-state index contributed by atoms with van der Waals surface area (Å²) in [5.74, 6) is 0.586. The molecule has 0 aromatic carbocycles. The fourth-order valence-corrected chi connectivity index (χ4v) is 1.97. The Morgan fingerprint density at radius 3 is 2.89 bits per heavy atom. The third-order valence-electron chi connectivity index (χ3n) is 2.55. The number of halogens is 1. The summed E-state index contributed by atoms with van der Waals surface area (Å²) in [7, 11) is 1.33. The van der Waals surface area contributed by atoms with Crippen LogP contribution in [-0.2, 0) is 4.74 Å². The van der Waals surface area contributed by atoms with E-state index in [0.717, 1.165) is 0 Å². The number of furan rings is 1. The van der Waals surface area contributed by atoms with Gasteiger partial charge in [-0.15, -0.1) is 5.10 Å². The molecule has 0 saturated carbocycles. The maximum Gasteiger partial charge on any atom is 0.339 e. The summed E-state index contributed by atoms with van der Waals surface area (Å²) in [6.07, 6.45) is 1.57. The van der Waals surface area contributed by atoms with E-state index in [1.54, 1.807) is 30.5 Å². The number of carbonyl (C=O) groups excluding carboxylic acids is 1. The van der Waals surface area contributed by atoms with Gasteiger partial charge in [0.25, 0.3) is 0 Å². The Hall–Kier alpha value is -2.15. The highest BCUT2D eigenvalue weighted by Gasteiger charge is 2.12. The molecule has 0 N–H and O–H groups in total. The van der Waals surface area contributed by atoms with E-state index in [4.69, 9.17) is 4.42 Å². The maximum absolute atomic E-state index is 11.4. The van der Waals surface area contributed by atoms with E-state index in [2.05, 4.69) is 30.7 Å². The van der Waals surface area contributed by atoms with Crippen molar-refractivity contribution in [2.45, 2.75) is 0 Å². The van der Waals surface area contributed by atoms with Crippen LogP contribution >= 0.6 is 15.9 Å². The van der Waals surface area contributed by atoms with E-state index in [-0.39, 0.29) is 0 Å². The molecular formula is C12H8BrN3O3. The van der Waals surface area contributed by atoms with Crippen LogP contribution < -0.4 is 0 Å². The molecule has 3 aromatic rings. The smallest absolute Gasteiger partial charge is 0.339 e. The lowest BCUT2D eigenvalue weighted by Crippen LogP contribution is -2.03. The van der Waals surface area contributed by atoms with E-state index in [0.29, 0.717) is 27.5 Å². The van der Waals surface area contributed by atoms with Gasteiger partial charge in [0.2, 0.25) is 5.82 Å². The van der Waals surface area contributed by atoms with Crippen LogP contribution in [0.2, 0.25) is 0 Å². The predicted octanol–water partition coefficient (Wildman–Crippen LogP) is 2.54. The molecule has 0 amide bonds. The van der Waals surface area contributed by atoms with Gasteiger partial charge >= 0.3 is 5.97 Å². The second kappa shape index (κ2) is 4.51. The summed E-state index contributed by atoms with van der Waals surface area (Å²) >= 11 is 3.22. The van der Waals surface area contributed by atoms with Gasteiger partial charge in [0.15, 0.2) is 16.1 Å². The largest absolute Gasteiger partial charge is 0.465 e. The van der Waals surface area contributed by atoms with Crippen molar-refractivity contribution in [3.8, 4) is 11.6 Å². The highest BCUT2D eigenvalue weighted by molar-refractivity contribution is 9.10. The SMILES string of the molecule is COC(=O)c1ccc2nc(-c3ccc(Br)o3)nn2c1. The van der Waals surface area contributed by atoms with E-state index >= 15 is 0 Å². The van der Waals surface area contributed by atoms with Crippen LogP contribution in [0.3, 0.4) is 0 Å². The summed E-state index contributed by atoms with van der Waals surface area (Å²) in [5, 5.41) is 4.26. The van der Waals surface area contributed by atoms with Gasteiger partial charge in [-0.25, -0.2) is 14.3 Å². The van der Waals surface area contributed by atoms with Crippen molar-refractivity contribution in [1.29, 1.82) is 0 Å². The van der Waals surface area contributed by atoms with E-state index in [1.807, 2.05) is 0 Å². The molecule has 0 spiro atoms. The van der Waals surface area contributed by atoms with Crippen molar-refractivity contribution >= 4 is 27.5 Å². The Balaban J connectivity index is 2.08. The van der Waals surface area contributed by atoms with Gasteiger partial charge in [0.1, 0.15) is 0 Å². The minimum Gasteiger partial charge on any atom is -0.465 e. The lowest BCUT2D eigenvalue weighted by Gasteiger charge is -1.98. The molecule has 0 unspecified atom stereocenters. The summed E-state index contributed by atoms with van der Waals surface area (Å²) in [5.41, 5.74) is 1.03. The fraction of sp³-hybridized carbons (Fsp3) is 0.0833. The number of nitrogens with zero attached hydrogens (tertiary/aromatic N) is 3. The topological polar surface area (TPSA) is 69.6 Å². The summed E-state index contributed by atoms with van der Waals surface area (Å²) in [6, 6.07) is 6.86. The number of ether oxygens (including phenoxy) is 1. The molecule has 7 heteroatoms. The van der Waals surface area contributed by atoms with Gasteiger partial charge in [-0.2, -0.15) is 0 Å². The molecule has 3 aromatic heterocycles. The van der Waals surface area contributed by atoms with Gasteiger partial charge in [-0.3, -0.25) is 0 Å². The highest BCUT2D eigenvalue weighted by atomic mass is 79.9. The Bertz CT molecular complexity index is 763. The third kappa shape index (κ3) is 2.12. The molecule has 0 fully saturated rings. The van der Waals surface area contributed by atoms with Crippen molar-refractivity contribution in [2.75, 3.05) is 7.11 Å². The van der Waals surface area contributed by atoms with Crippen molar-refractivity contribution in [3.63, 3.8) is 0 Å². The first-order valence-corrected chi connectivity index (χ1v) is 6.17. The van der Waals surface area contributed by atoms with Crippen molar-refractivity contribution in [3.05, 3.63) is 40.7 Å². The molecule has 0 bridgehead atoms. The fourth-order valence-electron chi connectivity index (χ4n) is 1.66. The Labute approximate surface area is 116 Å². The van der Waals surface area contributed by atoms with Gasteiger partial charge in [0.05, 0.1) is 12.7 Å². The number of methoxy groups -OCH3 is 1. The minimum atomic E-state index is -0.417. The highest BCUT2D eigenvalue weighted by Crippen LogP contribution is 2.22. The number of hydrogen-bond donors (Lipinski definition) is 0. The van der Waals surface area contributed by atoms with Crippen LogP contribution in [0, 0.1) is 0 Å². The molecule has 3 heterocycles. The molecule has 3 rings (SSSR count). The monoisotopic (exact) mass is 321 g/mol. The van der Waals surface area contributed by atoms with Gasteiger partial charge in [0, 0.05) is 6.20 Å². The van der Waals surface area contributed by atoms with Crippen LogP contribution in [0.5, 0.6) is 0 Å². The molecule has 0 aliphatic rings. The first-order chi connectivity index (χ1) is 9.17. The van der Waals surface area contributed by atoms with Crippen LogP contribution in [0.25, 0.3) is 17.2 Å². The van der Waals surface area contributed by atoms with E-state index < -0.39 is 5.97 Å². The number of esters is 1. The molecule has 0 saturated heterocycles. The number of fused-ring (bicyclic) bond motifs is 1. The molecule has 0 radical (unpaired) electrons. The lowest BCUT2D eigenvalue weighted by molar-refractivity contribution is 0.0600. The van der Waals surface area contributed by atoms with Crippen LogP contribution in [0.4, 0.5) is 0 Å². The molecule has 6 nitrogen and oxygen atoms in total. The zero-order valence-corrected chi connectivity index (χ0v) is 11.4. The maximum atomic E-state index is 11.4. The van der Waals surface area contributed by atoms with Crippen LogP contribution in [0.1, 0.15) is 10.4 Å². The number of carbonyl (C=O) groups is 1. The van der Waals surface area contributed by atoms with Crippen LogP contribution in [0.15, 0.2) is 39.5 Å². The Morgan fingerprint density at radius 2 is 2.21 bits per heavy atom. The van der Waals surface area contributed by atoms with Crippen molar-refractivity contribution in [2.24, 2.45) is 0 Å². The predicted molar refractivity (Wildman–Crippen MR) is 69.7 cm³/mol. The van der Waals surface area contributed by atoms with Gasteiger partial charge in [-0.1, -0.05) is 0 Å². The van der Waals surface area contributed by atoms with Crippen LogP contribution in [-0.4, -0.2) is 27.7 Å². The lowest BCUT2D eigenvalue weighted by atomic mass is 10.3. The molecule has 0 aliphatic carbocycles. The number of aromatic nitrogens is 3. The average molecular weight is 322 g/mol. The second-order valence-corrected chi connectivity index (χ2v) is 4.53. The molecule has 96 valence electrons. The Morgan fingerprint density at radius 1 is 1.37 bits per heavy atom. The zero-order valence-electron chi connectivity index (χ0n) is 9.83. The summed E-state index contributed by atoms with van der Waals surface area (Å²) in [6.45, 7) is 0. The first-order valence-electron chi connectivity index (χ1n) is 5.38. The zero-order chi connectivity index (χ0) is 13.4. The molecule has 0 atom stereocenters.